The topological polar surface area (TPSA) is 103 Å². The molecule has 1 aromatic heterocycles. The predicted molar refractivity (Wildman–Crippen MR) is 182 cm³/mol. The Labute approximate surface area is 276 Å². The average molecular weight is 646 g/mol. The van der Waals surface area contributed by atoms with Gasteiger partial charge in [0.2, 0.25) is 11.8 Å². The molecule has 10 heteroatoms. The number of rotatable bonds is 12. The maximum atomic E-state index is 13.4. The van der Waals surface area contributed by atoms with Crippen LogP contribution in [0, 0.1) is 5.92 Å². The molecule has 0 spiro atoms. The van der Waals surface area contributed by atoms with Crippen molar-refractivity contribution in [3.8, 4) is 0 Å². The molecule has 2 saturated heterocycles. The van der Waals surface area contributed by atoms with Crippen LogP contribution in [0.4, 0.5) is 0 Å². The highest BCUT2D eigenvalue weighted by Crippen LogP contribution is 2.32. The molecule has 3 N–H and O–H groups in total. The highest BCUT2D eigenvalue weighted by molar-refractivity contribution is 7.20. The molecule has 3 fully saturated rings. The molecule has 2 aliphatic heterocycles. The minimum Gasteiger partial charge on any atom is -0.381 e. The van der Waals surface area contributed by atoms with Gasteiger partial charge in [-0.1, -0.05) is 61.4 Å². The van der Waals surface area contributed by atoms with E-state index in [1.807, 2.05) is 36.4 Å². The van der Waals surface area contributed by atoms with E-state index in [4.69, 9.17) is 4.74 Å². The molecule has 46 heavy (non-hydrogen) atoms. The Morgan fingerprint density at radius 1 is 0.913 bits per heavy atom. The number of carbonyl (C=O) groups is 3. The molecule has 3 heterocycles. The molecule has 3 aromatic rings. The van der Waals surface area contributed by atoms with Crippen LogP contribution < -0.4 is 16.0 Å². The molecule has 0 bridgehead atoms. The van der Waals surface area contributed by atoms with E-state index >= 15 is 0 Å². The van der Waals surface area contributed by atoms with Gasteiger partial charge in [-0.25, -0.2) is 0 Å². The molecule has 0 unspecified atom stereocenters. The van der Waals surface area contributed by atoms with Crippen LogP contribution in [0.5, 0.6) is 0 Å². The third kappa shape index (κ3) is 8.15. The van der Waals surface area contributed by atoms with Crippen LogP contribution >= 0.6 is 11.3 Å². The first-order valence-electron chi connectivity index (χ1n) is 16.9. The van der Waals surface area contributed by atoms with Gasteiger partial charge < -0.3 is 25.6 Å². The second-order valence-electron chi connectivity index (χ2n) is 13.0. The molecular weight excluding hydrogens is 598 g/mol. The lowest BCUT2D eigenvalue weighted by Crippen LogP contribution is -2.57. The monoisotopic (exact) mass is 645 g/mol. The van der Waals surface area contributed by atoms with E-state index in [0.29, 0.717) is 24.3 Å². The Balaban J connectivity index is 0.982. The number of ether oxygens (including phenoxy) is 1. The normalized spacial score (nSPS) is 19.9. The van der Waals surface area contributed by atoms with Crippen molar-refractivity contribution >= 4 is 39.1 Å². The summed E-state index contributed by atoms with van der Waals surface area (Å²) in [6.07, 6.45) is 5.46. The van der Waals surface area contributed by atoms with Crippen molar-refractivity contribution in [2.45, 2.75) is 56.5 Å². The van der Waals surface area contributed by atoms with E-state index in [1.165, 1.54) is 16.9 Å². The van der Waals surface area contributed by atoms with Crippen molar-refractivity contribution in [2.24, 2.45) is 5.92 Å². The van der Waals surface area contributed by atoms with Gasteiger partial charge in [-0.05, 0) is 54.7 Å². The van der Waals surface area contributed by atoms with Crippen LogP contribution in [0.3, 0.4) is 0 Å². The number of amides is 3. The Morgan fingerprint density at radius 2 is 1.63 bits per heavy atom. The Kier molecular flexibility index (Phi) is 11.0. The van der Waals surface area contributed by atoms with Gasteiger partial charge in [0.15, 0.2) is 0 Å². The van der Waals surface area contributed by atoms with Gasteiger partial charge in [0.05, 0.1) is 10.9 Å². The molecule has 6 rings (SSSR count). The van der Waals surface area contributed by atoms with Crippen molar-refractivity contribution in [1.29, 1.82) is 0 Å². The number of carbonyl (C=O) groups excluding carboxylic acids is 3. The van der Waals surface area contributed by atoms with E-state index in [1.54, 1.807) is 0 Å². The fourth-order valence-electron chi connectivity index (χ4n) is 7.20. The lowest BCUT2D eigenvalue weighted by molar-refractivity contribution is -0.127. The summed E-state index contributed by atoms with van der Waals surface area (Å²) < 4.78 is 6.58. The van der Waals surface area contributed by atoms with Gasteiger partial charge in [0, 0.05) is 70.1 Å². The average Bonchev–Trinajstić information content (AvgIpc) is 3.75. The zero-order valence-electron chi connectivity index (χ0n) is 26.7. The highest BCUT2D eigenvalue weighted by Gasteiger charge is 2.42. The maximum Gasteiger partial charge on any atom is 0.262 e. The van der Waals surface area contributed by atoms with Crippen LogP contribution in [-0.4, -0.2) is 92.1 Å². The van der Waals surface area contributed by atoms with Gasteiger partial charge in [-0.2, -0.15) is 0 Å². The lowest BCUT2D eigenvalue weighted by Gasteiger charge is -2.41. The molecule has 2 aromatic carbocycles. The second-order valence-corrected chi connectivity index (χ2v) is 14.1. The molecule has 1 atom stereocenters. The first kappa shape index (κ1) is 32.6. The summed E-state index contributed by atoms with van der Waals surface area (Å²) >= 11 is 1.44. The van der Waals surface area contributed by atoms with E-state index in [2.05, 4.69) is 50.0 Å². The molecule has 0 radical (unpaired) electrons. The number of fused-ring (bicyclic) bond motifs is 1. The van der Waals surface area contributed by atoms with Crippen LogP contribution in [0.25, 0.3) is 10.1 Å². The van der Waals surface area contributed by atoms with Crippen molar-refractivity contribution < 1.29 is 19.1 Å². The Bertz CT molecular complexity index is 1430. The van der Waals surface area contributed by atoms with Crippen molar-refractivity contribution in [1.82, 2.24) is 25.8 Å². The summed E-state index contributed by atoms with van der Waals surface area (Å²) in [6.45, 7) is 7.64. The molecule has 3 aliphatic rings. The van der Waals surface area contributed by atoms with E-state index in [9.17, 15) is 14.4 Å². The number of nitrogens with one attached hydrogen (secondary N) is 3. The zero-order valence-corrected chi connectivity index (χ0v) is 27.5. The number of hydrogen-bond acceptors (Lipinski definition) is 7. The van der Waals surface area contributed by atoms with Crippen LogP contribution in [-0.2, 0) is 14.3 Å². The summed E-state index contributed by atoms with van der Waals surface area (Å²) in [5, 5.41) is 10.2. The summed E-state index contributed by atoms with van der Waals surface area (Å²) in [4.78, 5) is 45.3. The van der Waals surface area contributed by atoms with E-state index < -0.39 is 5.54 Å². The second kappa shape index (κ2) is 15.5. The minimum absolute atomic E-state index is 0.0887. The van der Waals surface area contributed by atoms with Gasteiger partial charge in [0.25, 0.3) is 5.91 Å². The number of nitrogens with zero attached hydrogens (tertiary/aromatic N) is 2. The fourth-order valence-corrected chi connectivity index (χ4v) is 8.16. The first-order valence-corrected chi connectivity index (χ1v) is 17.8. The number of benzene rings is 2. The lowest BCUT2D eigenvalue weighted by atomic mass is 9.96. The first-order chi connectivity index (χ1) is 22.5. The summed E-state index contributed by atoms with van der Waals surface area (Å²) in [5.41, 5.74) is 0.265. The van der Waals surface area contributed by atoms with Crippen molar-refractivity contribution in [3.63, 3.8) is 0 Å². The largest absolute Gasteiger partial charge is 0.381 e. The van der Waals surface area contributed by atoms with Crippen LogP contribution in [0.15, 0.2) is 60.7 Å². The zero-order chi connectivity index (χ0) is 31.8. The predicted octanol–water partition coefficient (Wildman–Crippen LogP) is 4.35. The fraction of sp³-hybridized carbons (Fsp3) is 0.528. The van der Waals surface area contributed by atoms with E-state index in [-0.39, 0.29) is 36.7 Å². The van der Waals surface area contributed by atoms with Gasteiger partial charge in [-0.15, -0.1) is 11.3 Å². The quantitative estimate of drug-likeness (QED) is 0.271. The summed E-state index contributed by atoms with van der Waals surface area (Å²) in [6, 6.07) is 20.3. The smallest absolute Gasteiger partial charge is 0.262 e. The highest BCUT2D eigenvalue weighted by atomic mass is 32.1. The summed E-state index contributed by atoms with van der Waals surface area (Å²) in [7, 11) is 0. The van der Waals surface area contributed by atoms with Gasteiger partial charge in [-0.3, -0.25) is 19.3 Å². The molecule has 1 saturated carbocycles. The molecule has 246 valence electrons. The molecule has 9 nitrogen and oxygen atoms in total. The number of thiophene rings is 1. The molecule has 1 aliphatic carbocycles. The Morgan fingerprint density at radius 3 is 2.37 bits per heavy atom. The maximum absolute atomic E-state index is 13.4. The third-order valence-corrected chi connectivity index (χ3v) is 11.0. The molecule has 3 amide bonds. The summed E-state index contributed by atoms with van der Waals surface area (Å²) in [5.74, 6) is 0.223. The van der Waals surface area contributed by atoms with Crippen LogP contribution in [0.1, 0.15) is 66.2 Å². The third-order valence-electron chi connectivity index (χ3n) is 9.91. The Hall–Kier alpha value is -3.31. The standard InChI is InChI=1S/C36H47N5O4S/c42-33(12-17-37-35(44)36(15-6-7-16-36)39-34(43)32-24-29-10-4-5-11-31(29)46-32)38-25-30(28-8-2-1-3-9-28)41-20-18-40(19-21-41)26-27-13-22-45-23-14-27/h1-5,8-11,24,27,30H,6-7,12-23,25-26H2,(H,37,44)(H,38,42)(H,39,43)/t30-/m0/s1. The molecular formula is C36H47N5O4S. The number of piperazine rings is 1. The van der Waals surface area contributed by atoms with E-state index in [0.717, 1.165) is 87.6 Å². The number of hydrogen-bond donors (Lipinski definition) is 3. The minimum atomic E-state index is -0.935. The van der Waals surface area contributed by atoms with Gasteiger partial charge >= 0.3 is 0 Å². The van der Waals surface area contributed by atoms with Crippen molar-refractivity contribution in [2.75, 3.05) is 59.0 Å². The van der Waals surface area contributed by atoms with Crippen LogP contribution in [0.2, 0.25) is 0 Å². The van der Waals surface area contributed by atoms with Crippen molar-refractivity contribution in [3.05, 3.63) is 71.1 Å². The SMILES string of the molecule is O=C(CCNC(=O)C1(NC(=O)c2cc3ccccc3s2)CCCC1)NC[C@@H](c1ccccc1)N1CCN(CC2CCOCC2)CC1. The van der Waals surface area contributed by atoms with Gasteiger partial charge in [0.1, 0.15) is 5.54 Å².